The summed E-state index contributed by atoms with van der Waals surface area (Å²) in [7, 11) is 1.63. The standard InChI is InChI=1S/C13H17ClFN3O3/c1-21-9-2-3-17(8(4-9)7-16)12-5-10(14)11(15)6-13(12)18(19)20/h5-6,8-9H,2-4,7,16H2,1H3. The van der Waals surface area contributed by atoms with E-state index in [0.29, 0.717) is 25.2 Å². The number of hydrogen-bond donors (Lipinski definition) is 1. The fourth-order valence-corrected chi connectivity index (χ4v) is 2.83. The van der Waals surface area contributed by atoms with Crippen molar-refractivity contribution in [2.45, 2.75) is 25.0 Å². The van der Waals surface area contributed by atoms with E-state index < -0.39 is 10.7 Å². The molecule has 1 aliphatic rings. The third-order valence-electron chi connectivity index (χ3n) is 3.80. The smallest absolute Gasteiger partial charge is 0.295 e. The molecule has 2 atom stereocenters. The van der Waals surface area contributed by atoms with E-state index in [1.165, 1.54) is 6.07 Å². The number of nitro benzene ring substituents is 1. The highest BCUT2D eigenvalue weighted by Crippen LogP contribution is 2.36. The van der Waals surface area contributed by atoms with Gasteiger partial charge < -0.3 is 15.4 Å². The lowest BCUT2D eigenvalue weighted by molar-refractivity contribution is -0.384. The van der Waals surface area contributed by atoms with Crippen molar-refractivity contribution in [1.82, 2.24) is 0 Å². The summed E-state index contributed by atoms with van der Waals surface area (Å²) in [4.78, 5) is 12.4. The van der Waals surface area contributed by atoms with Gasteiger partial charge in [-0.25, -0.2) is 4.39 Å². The molecule has 0 aliphatic carbocycles. The van der Waals surface area contributed by atoms with E-state index in [-0.39, 0.29) is 22.9 Å². The maximum absolute atomic E-state index is 13.5. The molecule has 0 spiro atoms. The van der Waals surface area contributed by atoms with Crippen LogP contribution >= 0.6 is 11.6 Å². The zero-order chi connectivity index (χ0) is 15.6. The average molecular weight is 318 g/mol. The van der Waals surface area contributed by atoms with Gasteiger partial charge in [0, 0.05) is 26.2 Å². The van der Waals surface area contributed by atoms with Crippen LogP contribution in [0.1, 0.15) is 12.8 Å². The summed E-state index contributed by atoms with van der Waals surface area (Å²) in [5, 5.41) is 11.0. The Kier molecular flexibility index (Phi) is 4.97. The quantitative estimate of drug-likeness (QED) is 0.681. The molecule has 1 aliphatic heterocycles. The summed E-state index contributed by atoms with van der Waals surface area (Å²) >= 11 is 5.78. The SMILES string of the molecule is COC1CCN(c2cc(Cl)c(F)cc2[N+](=O)[O-])C(CN)C1. The summed E-state index contributed by atoms with van der Waals surface area (Å²) in [6.45, 7) is 0.870. The monoisotopic (exact) mass is 317 g/mol. The van der Waals surface area contributed by atoms with Crippen molar-refractivity contribution in [3.05, 3.63) is 33.1 Å². The minimum Gasteiger partial charge on any atom is -0.381 e. The van der Waals surface area contributed by atoms with Crippen LogP contribution in [0.25, 0.3) is 0 Å². The number of ether oxygens (including phenoxy) is 1. The van der Waals surface area contributed by atoms with Gasteiger partial charge in [-0.2, -0.15) is 0 Å². The Morgan fingerprint density at radius 1 is 1.62 bits per heavy atom. The Bertz CT molecular complexity index is 544. The molecule has 1 heterocycles. The number of rotatable bonds is 4. The largest absolute Gasteiger partial charge is 0.381 e. The number of nitro groups is 1. The highest BCUT2D eigenvalue weighted by Gasteiger charge is 2.32. The van der Waals surface area contributed by atoms with Crippen molar-refractivity contribution >= 4 is 23.0 Å². The maximum Gasteiger partial charge on any atom is 0.295 e. The van der Waals surface area contributed by atoms with Gasteiger partial charge in [0.25, 0.3) is 5.69 Å². The molecule has 0 aromatic heterocycles. The molecule has 0 saturated carbocycles. The molecule has 2 N–H and O–H groups in total. The van der Waals surface area contributed by atoms with Crippen LogP contribution in [0.3, 0.4) is 0 Å². The molecule has 8 heteroatoms. The average Bonchev–Trinajstić information content (AvgIpc) is 2.48. The van der Waals surface area contributed by atoms with E-state index >= 15 is 0 Å². The van der Waals surface area contributed by atoms with Gasteiger partial charge in [-0.15, -0.1) is 0 Å². The highest BCUT2D eigenvalue weighted by molar-refractivity contribution is 6.31. The van der Waals surface area contributed by atoms with Crippen LogP contribution in [0.2, 0.25) is 5.02 Å². The van der Waals surface area contributed by atoms with E-state index in [9.17, 15) is 14.5 Å². The zero-order valence-electron chi connectivity index (χ0n) is 11.6. The molecule has 0 radical (unpaired) electrons. The lowest BCUT2D eigenvalue weighted by Crippen LogP contribution is -2.48. The minimum absolute atomic E-state index is 0.0739. The van der Waals surface area contributed by atoms with Gasteiger partial charge in [-0.05, 0) is 18.9 Å². The molecule has 2 unspecified atom stereocenters. The summed E-state index contributed by atoms with van der Waals surface area (Å²) in [5.74, 6) is -0.803. The van der Waals surface area contributed by atoms with Crippen molar-refractivity contribution in [1.29, 1.82) is 0 Å². The van der Waals surface area contributed by atoms with Gasteiger partial charge in [-0.1, -0.05) is 11.6 Å². The second kappa shape index (κ2) is 6.55. The third kappa shape index (κ3) is 3.25. The molecule has 1 fully saturated rings. The van der Waals surface area contributed by atoms with Crippen molar-refractivity contribution in [2.24, 2.45) is 5.73 Å². The van der Waals surface area contributed by atoms with E-state index in [0.717, 1.165) is 12.5 Å². The van der Waals surface area contributed by atoms with Crippen molar-refractivity contribution in [3.63, 3.8) is 0 Å². The second-order valence-corrected chi connectivity index (χ2v) is 5.38. The van der Waals surface area contributed by atoms with Crippen LogP contribution in [0.5, 0.6) is 0 Å². The van der Waals surface area contributed by atoms with Crippen LogP contribution < -0.4 is 10.6 Å². The molecule has 1 aromatic carbocycles. The predicted molar refractivity (Wildman–Crippen MR) is 78.3 cm³/mol. The third-order valence-corrected chi connectivity index (χ3v) is 4.09. The van der Waals surface area contributed by atoms with Gasteiger partial charge >= 0.3 is 0 Å². The molecule has 0 amide bonds. The Balaban J connectivity index is 2.40. The predicted octanol–water partition coefficient (Wildman–Crippen LogP) is 2.33. The van der Waals surface area contributed by atoms with Crippen LogP contribution in [-0.2, 0) is 4.74 Å². The second-order valence-electron chi connectivity index (χ2n) is 4.98. The van der Waals surface area contributed by atoms with Gasteiger partial charge in [0.15, 0.2) is 0 Å². The first-order valence-corrected chi connectivity index (χ1v) is 6.98. The molecule has 1 saturated heterocycles. The first-order chi connectivity index (χ1) is 9.97. The Morgan fingerprint density at radius 3 is 2.90 bits per heavy atom. The van der Waals surface area contributed by atoms with Crippen molar-refractivity contribution in [3.8, 4) is 0 Å². The van der Waals surface area contributed by atoms with E-state index in [1.807, 2.05) is 4.90 Å². The van der Waals surface area contributed by atoms with E-state index in [1.54, 1.807) is 7.11 Å². The lowest BCUT2D eigenvalue weighted by Gasteiger charge is -2.39. The van der Waals surface area contributed by atoms with E-state index in [4.69, 9.17) is 22.1 Å². The molecule has 6 nitrogen and oxygen atoms in total. The van der Waals surface area contributed by atoms with Crippen LogP contribution in [0.4, 0.5) is 15.8 Å². The number of hydrogen-bond acceptors (Lipinski definition) is 5. The van der Waals surface area contributed by atoms with Gasteiger partial charge in [-0.3, -0.25) is 10.1 Å². The number of methoxy groups -OCH3 is 1. The van der Waals surface area contributed by atoms with Crippen molar-refractivity contribution in [2.75, 3.05) is 25.1 Å². The lowest BCUT2D eigenvalue weighted by atomic mass is 9.98. The number of benzene rings is 1. The van der Waals surface area contributed by atoms with Crippen LogP contribution in [-0.4, -0.2) is 37.3 Å². The van der Waals surface area contributed by atoms with Gasteiger partial charge in [0.2, 0.25) is 0 Å². The van der Waals surface area contributed by atoms with E-state index in [2.05, 4.69) is 0 Å². The first kappa shape index (κ1) is 15.9. The molecule has 21 heavy (non-hydrogen) atoms. The zero-order valence-corrected chi connectivity index (χ0v) is 12.3. The Morgan fingerprint density at radius 2 is 2.33 bits per heavy atom. The number of nitrogens with zero attached hydrogens (tertiary/aromatic N) is 2. The topological polar surface area (TPSA) is 81.6 Å². The number of anilines is 1. The molecule has 0 bridgehead atoms. The number of halogens is 2. The molecule has 1 aromatic rings. The van der Waals surface area contributed by atoms with Gasteiger partial charge in [0.05, 0.1) is 22.1 Å². The van der Waals surface area contributed by atoms with Crippen LogP contribution in [0.15, 0.2) is 12.1 Å². The fraction of sp³-hybridized carbons (Fsp3) is 0.538. The van der Waals surface area contributed by atoms with Crippen LogP contribution in [0, 0.1) is 15.9 Å². The van der Waals surface area contributed by atoms with Gasteiger partial charge in [0.1, 0.15) is 11.5 Å². The maximum atomic E-state index is 13.5. The fourth-order valence-electron chi connectivity index (χ4n) is 2.67. The first-order valence-electron chi connectivity index (χ1n) is 6.60. The Hall–Kier alpha value is -1.44. The number of piperidine rings is 1. The summed E-state index contributed by atoms with van der Waals surface area (Å²) in [5.41, 5.74) is 5.77. The molecular formula is C13H17ClFN3O3. The number of nitrogens with two attached hydrogens (primary N) is 1. The highest BCUT2D eigenvalue weighted by atomic mass is 35.5. The normalized spacial score (nSPS) is 22.4. The summed E-state index contributed by atoms with van der Waals surface area (Å²) in [6.07, 6.45) is 1.46. The molecule has 116 valence electrons. The summed E-state index contributed by atoms with van der Waals surface area (Å²) in [6, 6.07) is 2.04. The molecule has 2 rings (SSSR count). The van der Waals surface area contributed by atoms with Crippen molar-refractivity contribution < 1.29 is 14.1 Å². The molecular weight excluding hydrogens is 301 g/mol. The Labute approximate surface area is 126 Å². The summed E-state index contributed by atoms with van der Waals surface area (Å²) < 4.78 is 18.8. The minimum atomic E-state index is -0.803.